The summed E-state index contributed by atoms with van der Waals surface area (Å²) >= 11 is 0. The number of phenolic OH excluding ortho intramolecular Hbond substituents is 1. The van der Waals surface area contributed by atoms with E-state index in [1.54, 1.807) is 24.3 Å². The topological polar surface area (TPSA) is 70.7 Å². The van der Waals surface area contributed by atoms with Crippen molar-refractivity contribution in [2.45, 2.75) is 0 Å². The van der Waals surface area contributed by atoms with Gasteiger partial charge in [0.25, 0.3) is 0 Å². The second kappa shape index (κ2) is 5.37. The van der Waals surface area contributed by atoms with Crippen LogP contribution < -0.4 is 0 Å². The lowest BCUT2D eigenvalue weighted by atomic mass is 10.1. The van der Waals surface area contributed by atoms with E-state index in [-0.39, 0.29) is 11.6 Å². The summed E-state index contributed by atoms with van der Waals surface area (Å²) < 4.78 is 18.5. The smallest absolute Gasteiger partial charge is 0.328 e. The van der Waals surface area contributed by atoms with Crippen LogP contribution in [0.15, 0.2) is 53.0 Å². The lowest BCUT2D eigenvalue weighted by molar-refractivity contribution is -0.131. The van der Waals surface area contributed by atoms with Gasteiger partial charge in [-0.2, -0.15) is 0 Å². The largest absolute Gasteiger partial charge is 0.504 e. The summed E-state index contributed by atoms with van der Waals surface area (Å²) in [6.45, 7) is 0. The van der Waals surface area contributed by atoms with Crippen LogP contribution in [0.1, 0.15) is 5.56 Å². The highest BCUT2D eigenvalue weighted by atomic mass is 19.1. The number of carboxylic acid groups (broad SMARTS) is 1. The van der Waals surface area contributed by atoms with E-state index in [2.05, 4.69) is 0 Å². The lowest BCUT2D eigenvalue weighted by Crippen LogP contribution is -1.85. The summed E-state index contributed by atoms with van der Waals surface area (Å²) in [4.78, 5) is 10.5. The molecule has 0 saturated carbocycles. The summed E-state index contributed by atoms with van der Waals surface area (Å²) in [7, 11) is 0. The van der Waals surface area contributed by atoms with Gasteiger partial charge < -0.3 is 14.6 Å². The number of carboxylic acids is 1. The van der Waals surface area contributed by atoms with Crippen molar-refractivity contribution in [1.29, 1.82) is 0 Å². The normalized spacial score (nSPS) is 11.3. The Balaban J connectivity index is 2.07. The molecule has 0 saturated heterocycles. The maximum absolute atomic E-state index is 12.9. The molecule has 0 unspecified atom stereocenters. The first-order chi connectivity index (χ1) is 10.5. The quantitative estimate of drug-likeness (QED) is 0.716. The number of phenols is 1. The first kappa shape index (κ1) is 13.9. The maximum atomic E-state index is 12.9. The van der Waals surface area contributed by atoms with Crippen LogP contribution in [-0.2, 0) is 4.79 Å². The van der Waals surface area contributed by atoms with Crippen LogP contribution in [0.2, 0.25) is 0 Å². The van der Waals surface area contributed by atoms with Gasteiger partial charge in [0.1, 0.15) is 11.6 Å². The number of furan rings is 1. The van der Waals surface area contributed by atoms with E-state index < -0.39 is 5.97 Å². The summed E-state index contributed by atoms with van der Waals surface area (Å²) in [5.41, 5.74) is 1.52. The Morgan fingerprint density at radius 1 is 1.14 bits per heavy atom. The molecule has 0 fully saturated rings. The van der Waals surface area contributed by atoms with Gasteiger partial charge in [-0.1, -0.05) is 0 Å². The van der Waals surface area contributed by atoms with Crippen molar-refractivity contribution in [3.05, 3.63) is 59.9 Å². The fraction of sp³-hybridized carbons (Fsp3) is 0. The third-order valence-corrected chi connectivity index (χ3v) is 3.17. The van der Waals surface area contributed by atoms with Crippen LogP contribution in [0.25, 0.3) is 28.4 Å². The zero-order valence-electron chi connectivity index (χ0n) is 11.3. The predicted octanol–water partition coefficient (Wildman–Crippen LogP) is 4.04. The van der Waals surface area contributed by atoms with Crippen LogP contribution in [0, 0.1) is 5.82 Å². The van der Waals surface area contributed by atoms with E-state index >= 15 is 0 Å². The molecule has 0 aliphatic heterocycles. The van der Waals surface area contributed by atoms with Crippen LogP contribution in [0.3, 0.4) is 0 Å². The number of carbonyl (C=O) groups is 1. The zero-order chi connectivity index (χ0) is 15.7. The van der Waals surface area contributed by atoms with Crippen molar-refractivity contribution in [2.24, 2.45) is 0 Å². The Morgan fingerprint density at radius 2 is 1.86 bits per heavy atom. The van der Waals surface area contributed by atoms with E-state index in [1.807, 2.05) is 0 Å². The van der Waals surface area contributed by atoms with Crippen molar-refractivity contribution in [3.8, 4) is 17.1 Å². The van der Waals surface area contributed by atoms with Gasteiger partial charge >= 0.3 is 5.97 Å². The Bertz CT molecular complexity index is 876. The van der Waals surface area contributed by atoms with Crippen molar-refractivity contribution in [1.82, 2.24) is 0 Å². The van der Waals surface area contributed by atoms with E-state index in [4.69, 9.17) is 9.52 Å². The molecular weight excluding hydrogens is 287 g/mol. The van der Waals surface area contributed by atoms with Crippen molar-refractivity contribution < 1.29 is 23.8 Å². The van der Waals surface area contributed by atoms with E-state index in [0.717, 1.165) is 6.08 Å². The lowest BCUT2D eigenvalue weighted by Gasteiger charge is -1.97. The fourth-order valence-corrected chi connectivity index (χ4v) is 2.18. The summed E-state index contributed by atoms with van der Waals surface area (Å²) in [5.74, 6) is -1.01. The third-order valence-electron chi connectivity index (χ3n) is 3.17. The minimum absolute atomic E-state index is 0.0871. The molecule has 5 heteroatoms. The molecule has 0 aliphatic carbocycles. The molecule has 3 aromatic rings. The number of hydrogen-bond donors (Lipinski definition) is 2. The van der Waals surface area contributed by atoms with Gasteiger partial charge in [0.05, 0.1) is 0 Å². The van der Waals surface area contributed by atoms with Gasteiger partial charge in [-0.15, -0.1) is 0 Å². The Labute approximate surface area is 124 Å². The van der Waals surface area contributed by atoms with E-state index in [0.29, 0.717) is 27.9 Å². The maximum Gasteiger partial charge on any atom is 0.328 e. The van der Waals surface area contributed by atoms with Crippen LogP contribution in [0.4, 0.5) is 4.39 Å². The number of fused-ring (bicyclic) bond motifs is 1. The molecule has 1 aromatic heterocycles. The Hall–Kier alpha value is -3.08. The average molecular weight is 298 g/mol. The highest BCUT2D eigenvalue weighted by Gasteiger charge is 2.11. The SMILES string of the molecule is O=C(O)/C=C/c1cc(O)c2oc(-c3ccc(F)cc3)cc2c1. The number of rotatable bonds is 3. The van der Waals surface area contributed by atoms with Crippen molar-refractivity contribution in [2.75, 3.05) is 0 Å². The van der Waals surface area contributed by atoms with Gasteiger partial charge in [-0.25, -0.2) is 9.18 Å². The summed E-state index contributed by atoms with van der Waals surface area (Å²) in [6, 6.07) is 10.6. The van der Waals surface area contributed by atoms with Gasteiger partial charge in [-0.05, 0) is 54.1 Å². The first-order valence-electron chi connectivity index (χ1n) is 6.46. The second-order valence-corrected chi connectivity index (χ2v) is 4.75. The molecule has 0 atom stereocenters. The van der Waals surface area contributed by atoms with Crippen molar-refractivity contribution in [3.63, 3.8) is 0 Å². The molecule has 22 heavy (non-hydrogen) atoms. The molecule has 2 aromatic carbocycles. The molecule has 110 valence electrons. The van der Waals surface area contributed by atoms with Gasteiger partial charge in [0.15, 0.2) is 11.3 Å². The second-order valence-electron chi connectivity index (χ2n) is 4.75. The van der Waals surface area contributed by atoms with Gasteiger partial charge in [0.2, 0.25) is 0 Å². The van der Waals surface area contributed by atoms with Crippen LogP contribution in [0.5, 0.6) is 5.75 Å². The first-order valence-corrected chi connectivity index (χ1v) is 6.46. The molecule has 0 bridgehead atoms. The van der Waals surface area contributed by atoms with Gasteiger partial charge in [0, 0.05) is 17.0 Å². The molecule has 4 nitrogen and oxygen atoms in total. The van der Waals surface area contributed by atoms with Crippen LogP contribution in [-0.4, -0.2) is 16.2 Å². The summed E-state index contributed by atoms with van der Waals surface area (Å²) in [5, 5.41) is 19.2. The molecule has 1 heterocycles. The number of aromatic hydroxyl groups is 1. The Kier molecular flexibility index (Phi) is 3.39. The molecule has 0 spiro atoms. The van der Waals surface area contributed by atoms with E-state index in [1.165, 1.54) is 24.3 Å². The van der Waals surface area contributed by atoms with Gasteiger partial charge in [-0.3, -0.25) is 0 Å². The predicted molar refractivity (Wildman–Crippen MR) is 79.9 cm³/mol. The number of hydrogen-bond acceptors (Lipinski definition) is 3. The fourth-order valence-electron chi connectivity index (χ4n) is 2.18. The Morgan fingerprint density at radius 3 is 2.55 bits per heavy atom. The minimum Gasteiger partial charge on any atom is -0.504 e. The standard InChI is InChI=1S/C17H11FO4/c18-13-4-2-11(3-5-13)15-9-12-7-10(1-6-16(20)21)8-14(19)17(12)22-15/h1-9,19H,(H,20,21)/b6-1+. The van der Waals surface area contributed by atoms with Crippen LogP contribution >= 0.6 is 0 Å². The molecule has 0 amide bonds. The molecule has 0 radical (unpaired) electrons. The summed E-state index contributed by atoms with van der Waals surface area (Å²) in [6.07, 6.45) is 2.37. The highest BCUT2D eigenvalue weighted by Crippen LogP contribution is 2.34. The molecule has 0 aliphatic rings. The molecule has 3 rings (SSSR count). The highest BCUT2D eigenvalue weighted by molar-refractivity contribution is 5.91. The monoisotopic (exact) mass is 298 g/mol. The van der Waals surface area contributed by atoms with E-state index in [9.17, 15) is 14.3 Å². The molecule has 2 N–H and O–H groups in total. The number of halogens is 1. The number of benzene rings is 2. The third kappa shape index (κ3) is 2.69. The average Bonchev–Trinajstić information content (AvgIpc) is 2.90. The molecular formula is C17H11FO4. The number of aliphatic carboxylic acids is 1. The zero-order valence-corrected chi connectivity index (χ0v) is 11.3. The minimum atomic E-state index is -1.07. The van der Waals surface area contributed by atoms with Crippen molar-refractivity contribution >= 4 is 23.0 Å².